The van der Waals surface area contributed by atoms with Gasteiger partial charge in [0.25, 0.3) is 0 Å². The van der Waals surface area contributed by atoms with Gasteiger partial charge in [-0.3, -0.25) is 9.59 Å². The average molecular weight is 1000 g/mol. The molecule has 16 heteroatoms. The molecule has 0 saturated heterocycles. The lowest BCUT2D eigenvalue weighted by atomic mass is 9.93. The van der Waals surface area contributed by atoms with E-state index in [4.69, 9.17) is 60.1 Å². The summed E-state index contributed by atoms with van der Waals surface area (Å²) in [6.07, 6.45) is 0.336. The number of hydrogen-bond donors (Lipinski definition) is 1. The Kier molecular flexibility index (Phi) is 19.0. The Hall–Kier alpha value is -5.95. The van der Waals surface area contributed by atoms with E-state index < -0.39 is 28.7 Å². The molecular formula is C53H61Cl2N7O5Si2. The zero-order valence-corrected chi connectivity index (χ0v) is 45.0. The predicted octanol–water partition coefficient (Wildman–Crippen LogP) is 13.9. The van der Waals surface area contributed by atoms with Crippen molar-refractivity contribution in [3.63, 3.8) is 0 Å². The molecule has 5 aromatic rings. The molecule has 12 nitrogen and oxygen atoms in total. The minimum Gasteiger partial charge on any atom is -0.420 e. The second-order valence-electron chi connectivity index (χ2n) is 20.0. The minimum atomic E-state index is -2.17. The molecule has 1 amide bonds. The van der Waals surface area contributed by atoms with E-state index in [2.05, 4.69) is 99.0 Å². The van der Waals surface area contributed by atoms with Crippen LogP contribution < -0.4 is 5.32 Å². The van der Waals surface area contributed by atoms with Crippen molar-refractivity contribution < 1.29 is 22.9 Å². The van der Waals surface area contributed by atoms with Crippen LogP contribution in [-0.2, 0) is 26.5 Å². The van der Waals surface area contributed by atoms with Gasteiger partial charge < -0.3 is 18.6 Å². The number of carbonyl (C=O) groups excluding carboxylic acids is 2. The molecule has 0 bridgehead atoms. The fourth-order valence-electron chi connectivity index (χ4n) is 6.74. The Balaban J connectivity index is 0.000000301. The number of benzene rings is 4. The summed E-state index contributed by atoms with van der Waals surface area (Å²) in [6, 6.07) is 28.1. The van der Waals surface area contributed by atoms with E-state index in [9.17, 15) is 9.59 Å². The third-order valence-corrected chi connectivity index (χ3v) is 22.7. The van der Waals surface area contributed by atoms with Crippen LogP contribution in [0.1, 0.15) is 99.8 Å². The smallest absolute Gasteiger partial charge is 0.247 e. The van der Waals surface area contributed by atoms with Crippen LogP contribution in [0.2, 0.25) is 46.3 Å². The molecule has 1 N–H and O–H groups in total. The highest BCUT2D eigenvalue weighted by Crippen LogP contribution is 2.41. The summed E-state index contributed by atoms with van der Waals surface area (Å²) in [5, 5.41) is 30.2. The van der Waals surface area contributed by atoms with Crippen LogP contribution in [0.3, 0.4) is 0 Å². The van der Waals surface area contributed by atoms with Gasteiger partial charge in [0.15, 0.2) is 22.4 Å². The SMILES string of the molecule is [C-]#[N+]c1ccc(C[C@@H](C(=O)NCC(=O)c2ccc(C#N)cc2)[C@@H](C)O[Si](C)(C)C(C)(C)C)cc1Cl.[C-]#[N+]c1ccc(C[C@@H](c2nnc(-c3ccc(C#N)cc3)o2)[C@@H](C)O[Si](C)(C)C(C)(C)C)cc1Cl. The number of nitrogens with one attached hydrogen (secondary N) is 1. The van der Waals surface area contributed by atoms with E-state index >= 15 is 0 Å². The average Bonchev–Trinajstić information content (AvgIpc) is 3.78. The Labute approximate surface area is 419 Å². The third-order valence-electron chi connectivity index (χ3n) is 13.0. The second-order valence-corrected chi connectivity index (χ2v) is 30.4. The molecule has 4 aromatic carbocycles. The molecule has 0 unspecified atom stereocenters. The van der Waals surface area contributed by atoms with Gasteiger partial charge in [-0.25, -0.2) is 9.69 Å². The first-order chi connectivity index (χ1) is 32.2. The molecule has 1 aromatic heterocycles. The summed E-state index contributed by atoms with van der Waals surface area (Å²) in [4.78, 5) is 32.8. The van der Waals surface area contributed by atoms with Crippen LogP contribution >= 0.6 is 23.2 Å². The van der Waals surface area contributed by atoms with Crippen molar-refractivity contribution in [1.82, 2.24) is 15.5 Å². The number of halogens is 2. The van der Waals surface area contributed by atoms with E-state index in [1.54, 1.807) is 72.8 Å². The molecule has 0 saturated carbocycles. The summed E-state index contributed by atoms with van der Waals surface area (Å²) < 4.78 is 19.4. The monoisotopic (exact) mass is 1000 g/mol. The van der Waals surface area contributed by atoms with Gasteiger partial charge in [0.05, 0.1) is 67.0 Å². The predicted molar refractivity (Wildman–Crippen MR) is 278 cm³/mol. The van der Waals surface area contributed by atoms with Crippen LogP contribution in [-0.4, -0.2) is 57.3 Å². The largest absolute Gasteiger partial charge is 0.420 e. The Morgan fingerprint density at radius 2 is 1.19 bits per heavy atom. The fourth-order valence-corrected chi connectivity index (χ4v) is 10.1. The third kappa shape index (κ3) is 15.0. The molecule has 360 valence electrons. The van der Waals surface area contributed by atoms with Crippen molar-refractivity contribution in [3.05, 3.63) is 152 Å². The van der Waals surface area contributed by atoms with Crippen LogP contribution in [0.4, 0.5) is 11.4 Å². The van der Waals surface area contributed by atoms with Gasteiger partial charge in [0.1, 0.15) is 0 Å². The number of carbonyl (C=O) groups is 2. The highest BCUT2D eigenvalue weighted by atomic mass is 35.5. The molecule has 0 spiro atoms. The topological polar surface area (TPSA) is 160 Å². The zero-order chi connectivity index (χ0) is 51.5. The van der Waals surface area contributed by atoms with Gasteiger partial charge in [-0.1, -0.05) is 113 Å². The first-order valence-corrected chi connectivity index (χ1v) is 29.1. The first kappa shape index (κ1) is 55.6. The summed E-state index contributed by atoms with van der Waals surface area (Å²) in [6.45, 7) is 40.0. The molecule has 1 heterocycles. The van der Waals surface area contributed by atoms with Gasteiger partial charge in [-0.2, -0.15) is 10.5 Å². The maximum absolute atomic E-state index is 13.3. The van der Waals surface area contributed by atoms with Crippen LogP contribution in [0.5, 0.6) is 0 Å². The Morgan fingerprint density at radius 3 is 1.64 bits per heavy atom. The molecule has 0 aliphatic rings. The van der Waals surface area contributed by atoms with E-state index in [1.165, 1.54) is 0 Å². The normalized spacial score (nSPS) is 13.5. The highest BCUT2D eigenvalue weighted by molar-refractivity contribution is 6.74. The second kappa shape index (κ2) is 23.6. The summed E-state index contributed by atoms with van der Waals surface area (Å²) in [7, 11) is -4.23. The van der Waals surface area contributed by atoms with Crippen LogP contribution in [0, 0.1) is 41.7 Å². The fraction of sp³-hybridized carbons (Fsp3) is 0.396. The quantitative estimate of drug-likeness (QED) is 0.0576. The standard InChI is InChI=1S/C27H32ClN3O3Si.C26H29ClN4O2Si/c1-18(34-35(6,7)27(2,3)4)22(14-20-10-13-24(30-5)23(28)15-20)26(33)31-17-25(32)21-11-8-19(16-29)9-12-21;1-17(33-34(6,7)26(2,3)4)21(14-19-10-13-23(29-5)22(27)15-19)25-31-30-24(32-25)20-11-8-18(16-28)9-12-20/h8-13,15,18,22H,14,17H2,1-4,6-7H3,(H,31,33);8-13,15,17,21H,14H2,1-4,6-7H3/t18-,22-;17-,21-/m11/s1. The van der Waals surface area contributed by atoms with Crippen molar-refractivity contribution in [3.8, 4) is 23.6 Å². The summed E-state index contributed by atoms with van der Waals surface area (Å²) in [5.74, 6) is -0.426. The van der Waals surface area contributed by atoms with Crippen LogP contribution in [0.15, 0.2) is 89.3 Å². The van der Waals surface area contributed by atoms with Gasteiger partial charge in [0.2, 0.25) is 29.1 Å². The lowest BCUT2D eigenvalue weighted by Crippen LogP contribution is -2.48. The lowest BCUT2D eigenvalue weighted by molar-refractivity contribution is -0.127. The van der Waals surface area contributed by atoms with Crippen molar-refractivity contribution in [2.24, 2.45) is 5.92 Å². The molecule has 0 radical (unpaired) electrons. The van der Waals surface area contributed by atoms with Crippen LogP contribution in [0.25, 0.3) is 21.1 Å². The lowest BCUT2D eigenvalue weighted by Gasteiger charge is -2.40. The summed E-state index contributed by atoms with van der Waals surface area (Å²) in [5.41, 5.74) is 4.76. The van der Waals surface area contributed by atoms with Crippen molar-refractivity contribution in [2.75, 3.05) is 6.54 Å². The van der Waals surface area contributed by atoms with Crippen molar-refractivity contribution in [2.45, 2.75) is 123 Å². The first-order valence-electron chi connectivity index (χ1n) is 22.6. The van der Waals surface area contributed by atoms with Gasteiger partial charge >= 0.3 is 0 Å². The minimum absolute atomic E-state index is 0.0333. The van der Waals surface area contributed by atoms with Gasteiger partial charge in [-0.05, 0) is 110 Å². The Morgan fingerprint density at radius 1 is 0.725 bits per heavy atom. The molecule has 0 fully saturated rings. The Bertz CT molecular complexity index is 2770. The molecule has 0 aliphatic heterocycles. The van der Waals surface area contributed by atoms with Gasteiger partial charge in [0, 0.05) is 21.2 Å². The number of aromatic nitrogens is 2. The number of nitrogens with zero attached hydrogens (tertiary/aromatic N) is 6. The molecule has 69 heavy (non-hydrogen) atoms. The number of ketones is 1. The number of Topliss-reactive ketones (excluding diaryl/α,β-unsaturated/α-hetero) is 1. The molecule has 4 atom stereocenters. The number of nitriles is 2. The highest BCUT2D eigenvalue weighted by Gasteiger charge is 2.42. The van der Waals surface area contributed by atoms with Gasteiger partial charge in [-0.15, -0.1) is 10.2 Å². The number of hydrogen-bond acceptors (Lipinski definition) is 9. The molecule has 0 aliphatic carbocycles. The van der Waals surface area contributed by atoms with E-state index in [0.717, 1.165) is 16.7 Å². The maximum atomic E-state index is 13.3. The van der Waals surface area contributed by atoms with E-state index in [1.807, 2.05) is 32.0 Å². The number of rotatable bonds is 16. The number of amides is 1. The molecule has 5 rings (SSSR count). The maximum Gasteiger partial charge on any atom is 0.247 e. The molecular weight excluding hydrogens is 942 g/mol. The van der Waals surface area contributed by atoms with Crippen molar-refractivity contribution >= 4 is 62.9 Å². The van der Waals surface area contributed by atoms with Crippen molar-refractivity contribution in [1.29, 1.82) is 10.5 Å². The van der Waals surface area contributed by atoms with E-state index in [-0.39, 0.29) is 40.3 Å². The van der Waals surface area contributed by atoms with E-state index in [0.29, 0.717) is 62.7 Å². The zero-order valence-electron chi connectivity index (χ0n) is 41.5. The summed E-state index contributed by atoms with van der Waals surface area (Å²) >= 11 is 12.5.